The Morgan fingerprint density at radius 1 is 1.12 bits per heavy atom. The fourth-order valence-electron chi connectivity index (χ4n) is 3.16. The first-order chi connectivity index (χ1) is 15.2. The van der Waals surface area contributed by atoms with Crippen LogP contribution in [0.1, 0.15) is 32.6 Å². The number of rotatable bonds is 4. The Bertz CT molecular complexity index is 1200. The Morgan fingerprint density at radius 3 is 2.59 bits per heavy atom. The molecule has 0 saturated carbocycles. The van der Waals surface area contributed by atoms with Crippen molar-refractivity contribution in [3.63, 3.8) is 0 Å². The molecule has 2 atom stereocenters. The molecule has 0 fully saturated rings. The van der Waals surface area contributed by atoms with Gasteiger partial charge in [-0.05, 0) is 36.3 Å². The minimum Gasteiger partial charge on any atom is -0.414 e. The van der Waals surface area contributed by atoms with Gasteiger partial charge in [-0.2, -0.15) is 0 Å². The van der Waals surface area contributed by atoms with Gasteiger partial charge in [0, 0.05) is 11.1 Å². The van der Waals surface area contributed by atoms with E-state index < -0.39 is 14.5 Å². The fourth-order valence-corrected chi connectivity index (χ4v) is 4.16. The van der Waals surface area contributed by atoms with Crippen LogP contribution in [-0.4, -0.2) is 40.5 Å². The molecule has 0 amide bonds. The monoisotopic (exact) mass is 447 g/mol. The molecule has 0 aliphatic carbocycles. The van der Waals surface area contributed by atoms with Crippen LogP contribution in [0.2, 0.25) is 18.1 Å². The van der Waals surface area contributed by atoms with E-state index in [9.17, 15) is 0 Å². The normalized spacial score (nSPS) is 19.0. The molecule has 0 spiro atoms. The predicted molar refractivity (Wildman–Crippen MR) is 128 cm³/mol. The van der Waals surface area contributed by atoms with Gasteiger partial charge in [0.2, 0.25) is 0 Å². The lowest BCUT2D eigenvalue weighted by atomic mass is 10.1. The fraction of sp³-hybridized carbons (Fsp3) is 0.375. The van der Waals surface area contributed by atoms with Crippen molar-refractivity contribution in [1.29, 1.82) is 0 Å². The number of hydrogen-bond acceptors (Lipinski definition) is 6. The molecule has 0 unspecified atom stereocenters. The number of nitrogens with zero attached hydrogens (tertiary/aromatic N) is 4. The lowest BCUT2D eigenvalue weighted by Crippen LogP contribution is -2.42. The summed E-state index contributed by atoms with van der Waals surface area (Å²) in [6.07, 6.45) is 4.44. The number of anilines is 1. The van der Waals surface area contributed by atoms with Gasteiger partial charge < -0.3 is 14.9 Å². The quantitative estimate of drug-likeness (QED) is 0.474. The summed E-state index contributed by atoms with van der Waals surface area (Å²) in [6.45, 7) is 11.6. The zero-order valence-electron chi connectivity index (χ0n) is 19.2. The lowest BCUT2D eigenvalue weighted by Gasteiger charge is -2.37. The number of imidazole rings is 1. The molecule has 0 saturated heterocycles. The first-order valence-electron chi connectivity index (χ1n) is 10.7. The third-order valence-corrected chi connectivity index (χ3v) is 10.7. The number of nitrogen functional groups attached to an aromatic ring is 1. The van der Waals surface area contributed by atoms with Gasteiger partial charge in [0.1, 0.15) is 17.9 Å². The first kappa shape index (κ1) is 22.2. The molecule has 8 heteroatoms. The van der Waals surface area contributed by atoms with Gasteiger partial charge >= 0.3 is 0 Å². The van der Waals surface area contributed by atoms with Crippen molar-refractivity contribution in [3.05, 3.63) is 60.2 Å². The second-order valence-electron chi connectivity index (χ2n) is 9.41. The highest BCUT2D eigenvalue weighted by atomic mass is 28.4. The van der Waals surface area contributed by atoms with Crippen LogP contribution in [0.3, 0.4) is 0 Å². The maximum absolute atomic E-state index is 6.47. The van der Waals surface area contributed by atoms with Crippen molar-refractivity contribution in [3.8, 4) is 11.8 Å². The first-order valence-corrected chi connectivity index (χ1v) is 13.6. The van der Waals surface area contributed by atoms with E-state index in [1.807, 2.05) is 41.0 Å². The number of benzene rings is 1. The predicted octanol–water partition coefficient (Wildman–Crippen LogP) is 4.31. The maximum atomic E-state index is 6.47. The molecule has 2 N–H and O–H groups in total. The van der Waals surface area contributed by atoms with Gasteiger partial charge in [0.25, 0.3) is 0 Å². The van der Waals surface area contributed by atoms with E-state index in [1.54, 1.807) is 6.33 Å². The molecule has 2 aromatic heterocycles. The molecule has 7 nitrogen and oxygen atoms in total. The Kier molecular flexibility index (Phi) is 5.90. The molecular weight excluding hydrogens is 418 g/mol. The van der Waals surface area contributed by atoms with Gasteiger partial charge in [-0.25, -0.2) is 15.0 Å². The van der Waals surface area contributed by atoms with Gasteiger partial charge in [-0.15, -0.1) is 0 Å². The number of aromatic nitrogens is 4. The zero-order valence-corrected chi connectivity index (χ0v) is 20.2. The summed E-state index contributed by atoms with van der Waals surface area (Å²) in [5, 5.41) is 0.111. The van der Waals surface area contributed by atoms with Crippen molar-refractivity contribution in [1.82, 2.24) is 19.5 Å². The lowest BCUT2D eigenvalue weighted by molar-refractivity contribution is -0.00604. The van der Waals surface area contributed by atoms with Crippen molar-refractivity contribution < 1.29 is 9.16 Å². The molecule has 4 rings (SSSR count). The van der Waals surface area contributed by atoms with Crippen LogP contribution in [0, 0.1) is 11.8 Å². The molecule has 32 heavy (non-hydrogen) atoms. The van der Waals surface area contributed by atoms with Crippen molar-refractivity contribution in [2.45, 2.75) is 51.2 Å². The minimum absolute atomic E-state index is 0.111. The summed E-state index contributed by atoms with van der Waals surface area (Å²) in [5.41, 5.74) is 8.98. The molecule has 3 heterocycles. The number of ether oxygens (including phenoxy) is 1. The molecule has 1 aliphatic rings. The molecule has 166 valence electrons. The third-order valence-electron chi connectivity index (χ3n) is 6.16. The van der Waals surface area contributed by atoms with Crippen LogP contribution in [0.5, 0.6) is 0 Å². The van der Waals surface area contributed by atoms with Crippen molar-refractivity contribution in [2.24, 2.45) is 0 Å². The Morgan fingerprint density at radius 2 is 1.88 bits per heavy atom. The minimum atomic E-state index is -1.94. The van der Waals surface area contributed by atoms with Gasteiger partial charge in [0.05, 0.1) is 12.9 Å². The van der Waals surface area contributed by atoms with Crippen LogP contribution < -0.4 is 5.73 Å². The van der Waals surface area contributed by atoms with E-state index >= 15 is 0 Å². The molecule has 3 aromatic rings. The van der Waals surface area contributed by atoms with E-state index in [0.29, 0.717) is 23.6 Å². The van der Waals surface area contributed by atoms with Gasteiger partial charge in [-0.3, -0.25) is 4.57 Å². The maximum Gasteiger partial charge on any atom is 0.192 e. The number of fused-ring (bicyclic) bond motifs is 1. The van der Waals surface area contributed by atoms with Crippen LogP contribution in [0.4, 0.5) is 5.82 Å². The number of nitrogens with two attached hydrogens (primary N) is 1. The summed E-state index contributed by atoms with van der Waals surface area (Å²) in [6, 6.07) is 9.92. The van der Waals surface area contributed by atoms with E-state index in [-0.39, 0.29) is 11.1 Å². The summed E-state index contributed by atoms with van der Waals surface area (Å²) in [7, 11) is -1.94. The molecule has 0 radical (unpaired) electrons. The molecule has 0 bridgehead atoms. The van der Waals surface area contributed by atoms with Crippen molar-refractivity contribution in [2.75, 3.05) is 12.3 Å². The average Bonchev–Trinajstić information content (AvgIpc) is 3.35. The number of hydrogen-bond donors (Lipinski definition) is 1. The van der Waals surface area contributed by atoms with E-state index in [2.05, 4.69) is 60.7 Å². The van der Waals surface area contributed by atoms with E-state index in [1.165, 1.54) is 6.33 Å². The molecule has 1 aliphatic heterocycles. The molecule has 1 aromatic carbocycles. The Hall–Kier alpha value is -2.99. The van der Waals surface area contributed by atoms with Gasteiger partial charge in [-0.1, -0.05) is 50.8 Å². The Balaban J connectivity index is 1.64. The highest BCUT2D eigenvalue weighted by Gasteiger charge is 2.39. The molecular formula is C24H29N5O2Si. The highest BCUT2D eigenvalue weighted by molar-refractivity contribution is 6.74. The second kappa shape index (κ2) is 8.51. The van der Waals surface area contributed by atoms with E-state index in [0.717, 1.165) is 11.1 Å². The SMILES string of the molecule is CC(C)(C)[Si](C)(C)OC[C@H]1O[C@@H](n2cnc3c(N)ncnc32)C=C1C#Cc1ccccc1. The smallest absolute Gasteiger partial charge is 0.192 e. The van der Waals surface area contributed by atoms with Crippen LogP contribution >= 0.6 is 0 Å². The standard InChI is InChI=1S/C24H29N5O2Si/c1-24(2,3)32(4,5)30-14-19-18(12-11-17-9-7-6-8-10-17)13-20(31-19)29-16-28-21-22(25)26-15-27-23(21)29/h6-10,13,15-16,19-20H,14H2,1-5H3,(H2,25,26,27)/t19-,20-/m1/s1. The van der Waals surface area contributed by atoms with Crippen LogP contribution in [0.15, 0.2) is 54.6 Å². The summed E-state index contributed by atoms with van der Waals surface area (Å²) in [5.74, 6) is 6.89. The van der Waals surface area contributed by atoms with Crippen LogP contribution in [-0.2, 0) is 9.16 Å². The summed E-state index contributed by atoms with van der Waals surface area (Å²) in [4.78, 5) is 12.7. The van der Waals surface area contributed by atoms with Gasteiger partial charge in [0.15, 0.2) is 26.0 Å². The average molecular weight is 448 g/mol. The Labute approximate surface area is 189 Å². The van der Waals surface area contributed by atoms with Crippen molar-refractivity contribution >= 4 is 25.3 Å². The summed E-state index contributed by atoms with van der Waals surface area (Å²) < 4.78 is 14.7. The highest BCUT2D eigenvalue weighted by Crippen LogP contribution is 2.38. The third kappa shape index (κ3) is 4.46. The van der Waals surface area contributed by atoms with E-state index in [4.69, 9.17) is 14.9 Å². The zero-order chi connectivity index (χ0) is 22.9. The van der Waals surface area contributed by atoms with Crippen LogP contribution in [0.25, 0.3) is 11.2 Å². The summed E-state index contributed by atoms with van der Waals surface area (Å²) >= 11 is 0. The second-order valence-corrected chi connectivity index (χ2v) is 14.2. The topological polar surface area (TPSA) is 88.1 Å². The largest absolute Gasteiger partial charge is 0.414 e.